The Hall–Kier alpha value is -1.81. The zero-order valence-corrected chi connectivity index (χ0v) is 12.2. The first kappa shape index (κ1) is 13.2. The number of carbonyl (C=O) groups excluding carboxylic acids is 1. The number of hydrogen-bond acceptors (Lipinski definition) is 3. The Morgan fingerprint density at radius 1 is 1.30 bits per heavy atom. The first-order valence-electron chi connectivity index (χ1n) is 6.77. The molecule has 0 N–H and O–H groups in total. The van der Waals surface area contributed by atoms with Crippen molar-refractivity contribution in [3.63, 3.8) is 0 Å². The maximum atomic E-state index is 12.3. The van der Waals surface area contributed by atoms with Gasteiger partial charge in [-0.2, -0.15) is 0 Å². The van der Waals surface area contributed by atoms with Crippen LogP contribution >= 0.6 is 11.3 Å². The van der Waals surface area contributed by atoms with E-state index in [4.69, 9.17) is 4.74 Å². The molecule has 0 saturated carbocycles. The number of benzene rings is 1. The number of hydrogen-bond donors (Lipinski definition) is 0. The minimum Gasteiger partial charge on any atom is -0.481 e. The predicted octanol–water partition coefficient (Wildman–Crippen LogP) is 3.24. The molecule has 1 aromatic carbocycles. The largest absolute Gasteiger partial charge is 0.481 e. The van der Waals surface area contributed by atoms with Gasteiger partial charge in [0.15, 0.2) is 6.10 Å². The normalized spacial score (nSPS) is 18.6. The molecule has 1 amide bonds. The van der Waals surface area contributed by atoms with Gasteiger partial charge in [0, 0.05) is 17.8 Å². The number of rotatable bonds is 4. The third kappa shape index (κ3) is 2.85. The van der Waals surface area contributed by atoms with Crippen molar-refractivity contribution in [2.45, 2.75) is 26.0 Å². The van der Waals surface area contributed by atoms with Crippen molar-refractivity contribution in [3.05, 3.63) is 52.2 Å². The lowest BCUT2D eigenvalue weighted by atomic mass is 10.2. The standard InChI is InChI=1S/C16H17NO2S/c1-12-4-6-13(7-5-12)19-15-8-9-17(16(15)18)11-14-3-2-10-20-14/h2-7,10,15H,8-9,11H2,1H3. The molecule has 0 bridgehead atoms. The summed E-state index contributed by atoms with van der Waals surface area (Å²) in [6.07, 6.45) is 0.426. The zero-order chi connectivity index (χ0) is 13.9. The summed E-state index contributed by atoms with van der Waals surface area (Å²) in [5.74, 6) is 0.867. The molecule has 4 heteroatoms. The summed E-state index contributed by atoms with van der Waals surface area (Å²) in [4.78, 5) is 15.4. The molecule has 3 nitrogen and oxygen atoms in total. The average molecular weight is 287 g/mol. The molecule has 1 fully saturated rings. The highest BCUT2D eigenvalue weighted by molar-refractivity contribution is 7.09. The summed E-state index contributed by atoms with van der Waals surface area (Å²) in [5.41, 5.74) is 1.19. The predicted molar refractivity (Wildman–Crippen MR) is 79.9 cm³/mol. The van der Waals surface area contributed by atoms with Gasteiger partial charge in [0.25, 0.3) is 5.91 Å². The molecule has 104 valence electrons. The quantitative estimate of drug-likeness (QED) is 0.864. The van der Waals surface area contributed by atoms with Crippen LogP contribution in [0.15, 0.2) is 41.8 Å². The van der Waals surface area contributed by atoms with E-state index in [1.807, 2.05) is 47.5 Å². The van der Waals surface area contributed by atoms with Crippen molar-refractivity contribution in [1.29, 1.82) is 0 Å². The lowest BCUT2D eigenvalue weighted by Crippen LogP contribution is -2.31. The number of ether oxygens (including phenoxy) is 1. The van der Waals surface area contributed by atoms with Gasteiger partial charge in [-0.25, -0.2) is 0 Å². The van der Waals surface area contributed by atoms with Gasteiger partial charge in [0.2, 0.25) is 0 Å². The van der Waals surface area contributed by atoms with Gasteiger partial charge in [-0.3, -0.25) is 4.79 Å². The summed E-state index contributed by atoms with van der Waals surface area (Å²) in [5, 5.41) is 2.04. The maximum absolute atomic E-state index is 12.3. The molecule has 1 saturated heterocycles. The van der Waals surface area contributed by atoms with Crippen LogP contribution in [-0.4, -0.2) is 23.5 Å². The van der Waals surface area contributed by atoms with Crippen molar-refractivity contribution in [1.82, 2.24) is 4.90 Å². The van der Waals surface area contributed by atoms with E-state index in [0.29, 0.717) is 6.54 Å². The maximum Gasteiger partial charge on any atom is 0.264 e. The Labute approximate surface area is 122 Å². The molecule has 1 unspecified atom stereocenters. The Kier molecular flexibility index (Phi) is 3.74. The second-order valence-corrected chi connectivity index (χ2v) is 6.08. The van der Waals surface area contributed by atoms with E-state index in [9.17, 15) is 4.79 Å². The van der Waals surface area contributed by atoms with Crippen molar-refractivity contribution >= 4 is 17.2 Å². The molecule has 3 rings (SSSR count). The van der Waals surface area contributed by atoms with Crippen LogP contribution in [0.3, 0.4) is 0 Å². The molecule has 20 heavy (non-hydrogen) atoms. The van der Waals surface area contributed by atoms with Gasteiger partial charge in [0.1, 0.15) is 5.75 Å². The van der Waals surface area contributed by atoms with Gasteiger partial charge < -0.3 is 9.64 Å². The molecular formula is C16H17NO2S. The number of nitrogens with zero attached hydrogens (tertiary/aromatic N) is 1. The van der Waals surface area contributed by atoms with Gasteiger partial charge in [0.05, 0.1) is 6.54 Å². The zero-order valence-electron chi connectivity index (χ0n) is 11.4. The second-order valence-electron chi connectivity index (χ2n) is 5.05. The topological polar surface area (TPSA) is 29.5 Å². The van der Waals surface area contributed by atoms with Gasteiger partial charge in [-0.1, -0.05) is 23.8 Å². The Morgan fingerprint density at radius 2 is 2.10 bits per heavy atom. The van der Waals surface area contributed by atoms with Crippen molar-refractivity contribution in [2.75, 3.05) is 6.54 Å². The number of thiophene rings is 1. The van der Waals surface area contributed by atoms with E-state index in [-0.39, 0.29) is 12.0 Å². The molecule has 2 aromatic rings. The highest BCUT2D eigenvalue weighted by Crippen LogP contribution is 2.22. The van der Waals surface area contributed by atoms with E-state index in [1.54, 1.807) is 11.3 Å². The number of amides is 1. The molecule has 0 radical (unpaired) electrons. The van der Waals surface area contributed by atoms with Crippen molar-refractivity contribution in [3.8, 4) is 5.75 Å². The molecule has 0 spiro atoms. The highest BCUT2D eigenvalue weighted by Gasteiger charge is 2.33. The Balaban J connectivity index is 1.62. The van der Waals surface area contributed by atoms with Gasteiger partial charge in [-0.05, 0) is 30.5 Å². The van der Waals surface area contributed by atoms with Crippen LogP contribution in [0.2, 0.25) is 0 Å². The van der Waals surface area contributed by atoms with Crippen LogP contribution in [0.1, 0.15) is 16.9 Å². The van der Waals surface area contributed by atoms with E-state index in [1.165, 1.54) is 10.4 Å². The van der Waals surface area contributed by atoms with Crippen LogP contribution in [0, 0.1) is 6.92 Å². The molecule has 1 atom stereocenters. The van der Waals surface area contributed by atoms with Crippen LogP contribution < -0.4 is 4.74 Å². The molecule has 2 heterocycles. The van der Waals surface area contributed by atoms with Crippen molar-refractivity contribution < 1.29 is 9.53 Å². The summed E-state index contributed by atoms with van der Waals surface area (Å²) in [7, 11) is 0. The Bertz CT molecular complexity index is 577. The van der Waals surface area contributed by atoms with Crippen LogP contribution in [0.25, 0.3) is 0 Å². The van der Waals surface area contributed by atoms with Crippen LogP contribution in [0.4, 0.5) is 0 Å². The van der Waals surface area contributed by atoms with E-state index < -0.39 is 0 Å². The lowest BCUT2D eigenvalue weighted by Gasteiger charge is -2.16. The monoisotopic (exact) mass is 287 g/mol. The first-order valence-corrected chi connectivity index (χ1v) is 7.65. The van der Waals surface area contributed by atoms with Gasteiger partial charge >= 0.3 is 0 Å². The summed E-state index contributed by atoms with van der Waals surface area (Å²) in [6.45, 7) is 3.50. The average Bonchev–Trinajstić information content (AvgIpc) is 3.06. The second kappa shape index (κ2) is 5.67. The smallest absolute Gasteiger partial charge is 0.264 e. The summed E-state index contributed by atoms with van der Waals surface area (Å²) >= 11 is 1.68. The lowest BCUT2D eigenvalue weighted by molar-refractivity contribution is -0.133. The van der Waals surface area contributed by atoms with E-state index in [0.717, 1.165) is 18.7 Å². The van der Waals surface area contributed by atoms with E-state index in [2.05, 4.69) is 6.07 Å². The minimum atomic E-state index is -0.335. The molecule has 0 aliphatic carbocycles. The Morgan fingerprint density at radius 3 is 2.80 bits per heavy atom. The highest BCUT2D eigenvalue weighted by atomic mass is 32.1. The first-order chi connectivity index (χ1) is 9.72. The van der Waals surface area contributed by atoms with E-state index >= 15 is 0 Å². The fraction of sp³-hybridized carbons (Fsp3) is 0.312. The fourth-order valence-corrected chi connectivity index (χ4v) is 3.07. The summed E-state index contributed by atoms with van der Waals surface area (Å²) < 4.78 is 5.80. The molecule has 1 aromatic heterocycles. The number of likely N-dealkylation sites (tertiary alicyclic amines) is 1. The minimum absolute atomic E-state index is 0.0963. The number of aryl methyl sites for hydroxylation is 1. The fourth-order valence-electron chi connectivity index (χ4n) is 2.35. The SMILES string of the molecule is Cc1ccc(OC2CCN(Cc3cccs3)C2=O)cc1. The summed E-state index contributed by atoms with van der Waals surface area (Å²) in [6, 6.07) is 11.9. The third-order valence-corrected chi connectivity index (χ3v) is 4.34. The molecule has 1 aliphatic rings. The van der Waals surface area contributed by atoms with Crippen LogP contribution in [0.5, 0.6) is 5.75 Å². The molecular weight excluding hydrogens is 270 g/mol. The third-order valence-electron chi connectivity index (χ3n) is 3.47. The number of carbonyl (C=O) groups is 1. The molecule has 1 aliphatic heterocycles. The van der Waals surface area contributed by atoms with Crippen molar-refractivity contribution in [2.24, 2.45) is 0 Å². The van der Waals surface area contributed by atoms with Gasteiger partial charge in [-0.15, -0.1) is 11.3 Å². The van der Waals surface area contributed by atoms with Crippen LogP contribution in [-0.2, 0) is 11.3 Å².